The minimum absolute atomic E-state index is 0.550. The summed E-state index contributed by atoms with van der Waals surface area (Å²) in [5.41, 5.74) is 2.18. The fourth-order valence-electron chi connectivity index (χ4n) is 0.542. The van der Waals surface area contributed by atoms with Crippen molar-refractivity contribution in [1.29, 1.82) is 0 Å². The Morgan fingerprint density at radius 3 is 1.89 bits per heavy atom. The van der Waals surface area contributed by atoms with Gasteiger partial charge in [-0.3, -0.25) is 0 Å². The molecule has 0 aromatic carbocycles. The lowest BCUT2D eigenvalue weighted by atomic mass is 11.0. The van der Waals surface area contributed by atoms with Gasteiger partial charge in [0.2, 0.25) is 17.0 Å². The van der Waals surface area contributed by atoms with E-state index in [0.29, 0.717) is 0 Å². The molecule has 0 aliphatic rings. The van der Waals surface area contributed by atoms with Gasteiger partial charge < -0.3 is 4.12 Å². The molecule has 0 aliphatic heterocycles. The molecule has 0 saturated heterocycles. The largest absolute Gasteiger partial charge is 0.605 e. The third kappa shape index (κ3) is 5.98. The molecule has 0 bridgehead atoms. The van der Waals surface area contributed by atoms with Crippen LogP contribution in [-0.2, 0) is 4.12 Å². The highest BCUT2D eigenvalue weighted by Gasteiger charge is 2.14. The van der Waals surface area contributed by atoms with Crippen LogP contribution in [0.5, 0.6) is 0 Å². The smallest absolute Gasteiger partial charge is 0.223 e. The fourth-order valence-corrected chi connectivity index (χ4v) is 4.88. The second kappa shape index (κ2) is 3.32. The molecule has 0 N–H and O–H groups in total. The van der Waals surface area contributed by atoms with E-state index in [2.05, 4.69) is 38.8 Å². The average molecular weight is 160 g/mol. The van der Waals surface area contributed by atoms with Crippen LogP contribution in [0.3, 0.4) is 0 Å². The van der Waals surface area contributed by atoms with E-state index in [-0.39, 0.29) is 0 Å². The van der Waals surface area contributed by atoms with Gasteiger partial charge >= 0.3 is 0 Å². The van der Waals surface area contributed by atoms with Crippen LogP contribution in [0, 0.1) is 0 Å². The SMILES string of the molecule is CC=[Si](C)O[Si](C)(C)C. The minimum Gasteiger partial charge on any atom is -0.605 e. The van der Waals surface area contributed by atoms with Gasteiger partial charge in [0.1, 0.15) is 0 Å². The van der Waals surface area contributed by atoms with Gasteiger partial charge in [-0.25, -0.2) is 0 Å². The van der Waals surface area contributed by atoms with Gasteiger partial charge in [-0.05, 0) is 33.1 Å². The van der Waals surface area contributed by atoms with Crippen LogP contribution in [0.4, 0.5) is 0 Å². The van der Waals surface area contributed by atoms with Crippen molar-refractivity contribution in [3.8, 4) is 0 Å². The molecule has 0 fully saturated rings. The molecule has 0 saturated carbocycles. The van der Waals surface area contributed by atoms with E-state index < -0.39 is 17.0 Å². The predicted octanol–water partition coefficient (Wildman–Crippen LogP) is 1.86. The van der Waals surface area contributed by atoms with E-state index in [4.69, 9.17) is 4.12 Å². The van der Waals surface area contributed by atoms with E-state index in [1.54, 1.807) is 0 Å². The van der Waals surface area contributed by atoms with E-state index in [9.17, 15) is 0 Å². The molecular formula is C6H16OSi2. The third-order valence-corrected chi connectivity index (χ3v) is 5.42. The molecule has 9 heavy (non-hydrogen) atoms. The normalized spacial score (nSPS) is 13.7. The van der Waals surface area contributed by atoms with Gasteiger partial charge in [-0.2, -0.15) is 0 Å². The van der Waals surface area contributed by atoms with Crippen LogP contribution >= 0.6 is 0 Å². The quantitative estimate of drug-likeness (QED) is 0.560. The van der Waals surface area contributed by atoms with Crippen molar-refractivity contribution in [2.75, 3.05) is 0 Å². The van der Waals surface area contributed by atoms with Crippen LogP contribution in [0.1, 0.15) is 6.92 Å². The first-order chi connectivity index (χ1) is 3.95. The van der Waals surface area contributed by atoms with Crippen molar-refractivity contribution < 1.29 is 4.12 Å². The zero-order valence-electron chi connectivity index (χ0n) is 6.99. The lowest BCUT2D eigenvalue weighted by Crippen LogP contribution is -2.29. The Balaban J connectivity index is 3.75. The molecule has 0 aromatic rings. The van der Waals surface area contributed by atoms with Gasteiger partial charge in [-0.15, -0.1) is 0 Å². The van der Waals surface area contributed by atoms with Crippen LogP contribution in [-0.4, -0.2) is 22.6 Å². The zero-order valence-corrected chi connectivity index (χ0v) is 8.99. The maximum Gasteiger partial charge on any atom is 0.223 e. The Labute approximate surface area is 60.5 Å². The number of hydrogen-bond acceptors (Lipinski definition) is 1. The van der Waals surface area contributed by atoms with Gasteiger partial charge in [0.15, 0.2) is 0 Å². The third-order valence-electron chi connectivity index (χ3n) is 0.874. The molecule has 0 unspecified atom stereocenters. The van der Waals surface area contributed by atoms with Crippen molar-refractivity contribution >= 4 is 22.6 Å². The van der Waals surface area contributed by atoms with E-state index in [1.165, 1.54) is 0 Å². The van der Waals surface area contributed by atoms with E-state index in [1.807, 2.05) is 0 Å². The molecule has 3 heteroatoms. The summed E-state index contributed by atoms with van der Waals surface area (Å²) in [7, 11) is -1.78. The van der Waals surface area contributed by atoms with Gasteiger partial charge in [0.25, 0.3) is 0 Å². The summed E-state index contributed by atoms with van der Waals surface area (Å²) in [5.74, 6) is 0. The molecule has 0 heterocycles. The summed E-state index contributed by atoms with van der Waals surface area (Å²) in [5, 5.41) is 0. The van der Waals surface area contributed by atoms with Crippen molar-refractivity contribution in [3.05, 3.63) is 0 Å². The molecule has 0 rings (SSSR count). The first-order valence-electron chi connectivity index (χ1n) is 3.27. The Morgan fingerprint density at radius 1 is 1.33 bits per heavy atom. The summed E-state index contributed by atoms with van der Waals surface area (Å²) >= 11 is 0. The summed E-state index contributed by atoms with van der Waals surface area (Å²) < 4.78 is 5.77. The Bertz CT molecular complexity index is 113. The van der Waals surface area contributed by atoms with Crippen LogP contribution in [0.15, 0.2) is 0 Å². The van der Waals surface area contributed by atoms with Gasteiger partial charge in [0, 0.05) is 0 Å². The minimum atomic E-state index is -1.23. The summed E-state index contributed by atoms with van der Waals surface area (Å²) in [4.78, 5) is 0. The van der Waals surface area contributed by atoms with Crippen LogP contribution < -0.4 is 0 Å². The van der Waals surface area contributed by atoms with Crippen LogP contribution in [0.2, 0.25) is 26.2 Å². The molecule has 0 aliphatic carbocycles. The molecule has 0 aromatic heterocycles. The standard InChI is InChI=1S/C6H16OSi2/c1-6-8(2)7-9(3,4)5/h6H,1-5H3. The van der Waals surface area contributed by atoms with Gasteiger partial charge in [-0.1, -0.05) is 5.67 Å². The van der Waals surface area contributed by atoms with Gasteiger partial charge in [0.05, 0.1) is 0 Å². The van der Waals surface area contributed by atoms with Crippen molar-refractivity contribution in [3.63, 3.8) is 0 Å². The first-order valence-corrected chi connectivity index (χ1v) is 8.67. The Morgan fingerprint density at radius 2 is 1.78 bits per heavy atom. The highest BCUT2D eigenvalue weighted by Crippen LogP contribution is 2.01. The Kier molecular flexibility index (Phi) is 3.36. The molecule has 0 spiro atoms. The second-order valence-corrected chi connectivity index (χ2v) is 9.95. The summed E-state index contributed by atoms with van der Waals surface area (Å²) in [6.07, 6.45) is 0. The highest BCUT2D eigenvalue weighted by atomic mass is 28.4. The lowest BCUT2D eigenvalue weighted by Gasteiger charge is -2.19. The molecule has 0 atom stereocenters. The summed E-state index contributed by atoms with van der Waals surface area (Å²) in [6, 6.07) is 0. The van der Waals surface area contributed by atoms with Crippen molar-refractivity contribution in [1.82, 2.24) is 0 Å². The average Bonchev–Trinajstić information content (AvgIpc) is 1.62. The predicted molar refractivity (Wildman–Crippen MR) is 47.8 cm³/mol. The van der Waals surface area contributed by atoms with Crippen molar-refractivity contribution in [2.24, 2.45) is 0 Å². The maximum absolute atomic E-state index is 5.77. The van der Waals surface area contributed by atoms with Crippen LogP contribution in [0.25, 0.3) is 0 Å². The maximum atomic E-state index is 5.77. The highest BCUT2D eigenvalue weighted by molar-refractivity contribution is 6.78. The Hall–Kier alpha value is 0.104. The molecule has 0 radical (unpaired) electrons. The van der Waals surface area contributed by atoms with E-state index >= 15 is 0 Å². The number of hydrogen-bond donors (Lipinski definition) is 0. The molecule has 1 nitrogen and oxygen atoms in total. The molecule has 0 amide bonds. The van der Waals surface area contributed by atoms with E-state index in [0.717, 1.165) is 0 Å². The second-order valence-electron chi connectivity index (χ2n) is 3.11. The topological polar surface area (TPSA) is 9.23 Å². The van der Waals surface area contributed by atoms with Crippen molar-refractivity contribution in [2.45, 2.75) is 33.1 Å². The monoisotopic (exact) mass is 160 g/mol. The molecular weight excluding hydrogens is 144 g/mol. The zero-order chi connectivity index (χ0) is 7.49. The number of rotatable bonds is 2. The first kappa shape index (κ1) is 9.10. The summed E-state index contributed by atoms with van der Waals surface area (Å²) in [6.45, 7) is 10.9. The molecule has 54 valence electrons. The lowest BCUT2D eigenvalue weighted by molar-refractivity contribution is 0.598. The fraction of sp³-hybridized carbons (Fsp3) is 0.833.